The van der Waals surface area contributed by atoms with Crippen LogP contribution in [0, 0.1) is 23.7 Å². The molecule has 10 heteroatoms. The monoisotopic (exact) mass is 556 g/mol. The molecule has 1 fully saturated rings. The first-order chi connectivity index (χ1) is 19.3. The Morgan fingerprint density at radius 1 is 1.02 bits per heavy atom. The molecular formula is C31H28N2O8. The summed E-state index contributed by atoms with van der Waals surface area (Å²) < 4.78 is 0. The Hall–Kier alpha value is -4.72. The number of nitrogens with zero attached hydrogens (tertiary/aromatic N) is 1. The Kier molecular flexibility index (Phi) is 6.60. The van der Waals surface area contributed by atoms with Crippen LogP contribution in [0.1, 0.15) is 46.0 Å². The minimum Gasteiger partial charge on any atom is -0.508 e. The van der Waals surface area contributed by atoms with Gasteiger partial charge in [-0.15, -0.1) is 0 Å². The molecule has 6 N–H and O–H groups in total. The first kappa shape index (κ1) is 27.8. The van der Waals surface area contributed by atoms with Crippen LogP contribution in [0.2, 0.25) is 0 Å². The molecule has 5 rings (SSSR count). The molecule has 2 aromatic rings. The van der Waals surface area contributed by atoms with E-state index < -0.39 is 58.0 Å². The van der Waals surface area contributed by atoms with Gasteiger partial charge in [0.25, 0.3) is 5.91 Å². The summed E-state index contributed by atoms with van der Waals surface area (Å²) in [5, 5.41) is 44.6. The second kappa shape index (κ2) is 9.73. The van der Waals surface area contributed by atoms with E-state index in [9.17, 15) is 39.6 Å². The molecule has 4 atom stereocenters. The number of phenolic OH excluding ortho intramolecular Hbond substituents is 1. The fraction of sp³-hybridized carbons (Fsp3) is 0.290. The van der Waals surface area contributed by atoms with E-state index in [4.69, 9.17) is 5.73 Å². The lowest BCUT2D eigenvalue weighted by molar-refractivity contribution is -0.153. The number of carbonyl (C=O) groups excluding carboxylic acids is 4. The molecule has 0 aromatic heterocycles. The van der Waals surface area contributed by atoms with E-state index in [1.807, 2.05) is 0 Å². The van der Waals surface area contributed by atoms with E-state index in [2.05, 4.69) is 11.8 Å². The molecule has 0 radical (unpaired) electrons. The third-order valence-electron chi connectivity index (χ3n) is 8.24. The normalized spacial score (nSPS) is 25.2. The van der Waals surface area contributed by atoms with Crippen LogP contribution >= 0.6 is 0 Å². The molecule has 1 saturated carbocycles. The van der Waals surface area contributed by atoms with Crippen LogP contribution in [-0.2, 0) is 20.8 Å². The van der Waals surface area contributed by atoms with Gasteiger partial charge < -0.3 is 26.2 Å². The van der Waals surface area contributed by atoms with Gasteiger partial charge >= 0.3 is 0 Å². The number of nitrogens with two attached hydrogens (primary N) is 1. The summed E-state index contributed by atoms with van der Waals surface area (Å²) in [6, 6.07) is 8.48. The average Bonchev–Trinajstić information content (AvgIpc) is 2.90. The second-order valence-corrected chi connectivity index (χ2v) is 10.8. The van der Waals surface area contributed by atoms with Crippen LogP contribution in [0.3, 0.4) is 0 Å². The molecule has 0 aliphatic heterocycles. The molecule has 3 aliphatic carbocycles. The maximum Gasteiger partial charge on any atom is 0.255 e. The number of phenols is 1. The number of benzene rings is 2. The van der Waals surface area contributed by atoms with Crippen LogP contribution in [0.25, 0.3) is 5.76 Å². The highest BCUT2D eigenvalue weighted by Crippen LogP contribution is 2.52. The fourth-order valence-corrected chi connectivity index (χ4v) is 6.29. The number of amides is 1. The van der Waals surface area contributed by atoms with Crippen molar-refractivity contribution in [2.75, 3.05) is 14.1 Å². The smallest absolute Gasteiger partial charge is 0.255 e. The van der Waals surface area contributed by atoms with Crippen LogP contribution in [-0.4, -0.2) is 74.3 Å². The number of hydrogen-bond acceptors (Lipinski definition) is 9. The van der Waals surface area contributed by atoms with Crippen molar-refractivity contribution >= 4 is 29.0 Å². The van der Waals surface area contributed by atoms with E-state index in [1.165, 1.54) is 17.9 Å². The zero-order chi connectivity index (χ0) is 30.0. The number of aromatic hydroxyl groups is 1. The van der Waals surface area contributed by atoms with Gasteiger partial charge in [0.15, 0.2) is 17.2 Å². The third-order valence-corrected chi connectivity index (χ3v) is 8.24. The molecule has 2 aromatic carbocycles. The van der Waals surface area contributed by atoms with Crippen molar-refractivity contribution in [1.82, 2.24) is 4.90 Å². The summed E-state index contributed by atoms with van der Waals surface area (Å²) >= 11 is 0. The van der Waals surface area contributed by atoms with E-state index in [1.54, 1.807) is 44.4 Å². The van der Waals surface area contributed by atoms with Crippen molar-refractivity contribution in [1.29, 1.82) is 0 Å². The van der Waals surface area contributed by atoms with E-state index in [0.29, 0.717) is 22.3 Å². The molecule has 0 saturated heterocycles. The number of aliphatic hydroxyl groups is 3. The molecule has 210 valence electrons. The second-order valence-electron chi connectivity index (χ2n) is 10.8. The van der Waals surface area contributed by atoms with Gasteiger partial charge in [-0.05, 0) is 69.6 Å². The van der Waals surface area contributed by atoms with E-state index in [0.717, 1.165) is 0 Å². The minimum atomic E-state index is -2.69. The number of aliphatic hydroxyl groups excluding tert-OH is 2. The highest BCUT2D eigenvalue weighted by Gasteiger charge is 2.64. The SMILES string of the molecule is CC(=O)c1ccc(C#Cc2ccc(O)c3c2CC2CC4C(N(C)C)C(=O)C(C(N)=O)=C(O)C4(O)C(=O)C2=C3O)cc1. The largest absolute Gasteiger partial charge is 0.508 e. The van der Waals surface area contributed by atoms with Gasteiger partial charge in [0, 0.05) is 28.2 Å². The highest BCUT2D eigenvalue weighted by molar-refractivity contribution is 6.24. The van der Waals surface area contributed by atoms with Crippen LogP contribution in [0.15, 0.2) is 53.3 Å². The third kappa shape index (κ3) is 4.13. The number of Topliss-reactive ketones (excluding diaryl/α,β-unsaturated/α-hetero) is 3. The van der Waals surface area contributed by atoms with Crippen molar-refractivity contribution in [2.24, 2.45) is 17.6 Å². The van der Waals surface area contributed by atoms with Gasteiger partial charge in [-0.25, -0.2) is 0 Å². The summed E-state index contributed by atoms with van der Waals surface area (Å²) in [4.78, 5) is 52.2. The van der Waals surface area contributed by atoms with Gasteiger partial charge in [0.1, 0.15) is 22.8 Å². The van der Waals surface area contributed by atoms with E-state index >= 15 is 0 Å². The number of likely N-dealkylation sites (N-methyl/N-ethyl adjacent to an activating group) is 1. The lowest BCUT2D eigenvalue weighted by Gasteiger charge is -2.50. The van der Waals surface area contributed by atoms with Crippen LogP contribution in [0.5, 0.6) is 5.75 Å². The molecule has 1 amide bonds. The van der Waals surface area contributed by atoms with Crippen molar-refractivity contribution in [3.05, 3.63) is 81.1 Å². The van der Waals surface area contributed by atoms with Gasteiger partial charge in [-0.1, -0.05) is 24.0 Å². The van der Waals surface area contributed by atoms with Gasteiger partial charge in [0.2, 0.25) is 5.78 Å². The number of ketones is 3. The Morgan fingerprint density at radius 3 is 2.27 bits per heavy atom. The Balaban J connectivity index is 1.64. The quantitative estimate of drug-likeness (QED) is 0.213. The van der Waals surface area contributed by atoms with Crippen LogP contribution < -0.4 is 5.73 Å². The molecular weight excluding hydrogens is 528 g/mol. The number of hydrogen-bond donors (Lipinski definition) is 5. The first-order valence-corrected chi connectivity index (χ1v) is 12.9. The summed E-state index contributed by atoms with van der Waals surface area (Å²) in [7, 11) is 3.09. The molecule has 4 unspecified atom stereocenters. The maximum atomic E-state index is 13.9. The molecule has 0 heterocycles. The fourth-order valence-electron chi connectivity index (χ4n) is 6.29. The number of rotatable bonds is 3. The Morgan fingerprint density at radius 2 is 1.68 bits per heavy atom. The molecule has 10 nitrogen and oxygen atoms in total. The highest BCUT2D eigenvalue weighted by atomic mass is 16.3. The zero-order valence-electron chi connectivity index (χ0n) is 22.6. The van der Waals surface area contributed by atoms with Crippen molar-refractivity contribution < 1.29 is 39.6 Å². The van der Waals surface area contributed by atoms with Gasteiger partial charge in [0.05, 0.1) is 11.6 Å². The predicted octanol–water partition coefficient (Wildman–Crippen LogP) is 1.57. The summed E-state index contributed by atoms with van der Waals surface area (Å²) in [6.07, 6.45) is 0.122. The molecule has 41 heavy (non-hydrogen) atoms. The molecule has 0 spiro atoms. The lowest BCUT2D eigenvalue weighted by atomic mass is 9.57. The Bertz CT molecular complexity index is 1670. The summed E-state index contributed by atoms with van der Waals surface area (Å²) in [6.45, 7) is 1.47. The van der Waals surface area contributed by atoms with Gasteiger partial charge in [-0.3, -0.25) is 24.1 Å². The standard InChI is InChI=1S/C31H28N2O8/c1-14(34)16-7-4-15(5-8-16)6-9-17-10-11-21(35)23-19(17)12-18-13-20-25(33(2)3)27(37)24(30(32)40)29(39)31(20,41)28(38)22(18)26(23)36/h4-5,7-8,10-11,18,20,25,35-36,39,41H,12-13H2,1-3H3,(H2,32,40). The zero-order valence-corrected chi connectivity index (χ0v) is 22.6. The average molecular weight is 557 g/mol. The lowest BCUT2D eigenvalue weighted by Crippen LogP contribution is -2.65. The van der Waals surface area contributed by atoms with Crippen molar-refractivity contribution in [3.8, 4) is 17.6 Å². The maximum absolute atomic E-state index is 13.9. The number of primary amides is 1. The minimum absolute atomic E-state index is 0.0131. The van der Waals surface area contributed by atoms with Crippen molar-refractivity contribution in [3.63, 3.8) is 0 Å². The predicted molar refractivity (Wildman–Crippen MR) is 147 cm³/mol. The number of fused-ring (bicyclic) bond motifs is 3. The molecule has 3 aliphatic rings. The summed E-state index contributed by atoms with van der Waals surface area (Å²) in [5.41, 5.74) is 3.68. The topological polar surface area (TPSA) is 178 Å². The van der Waals surface area contributed by atoms with Crippen LogP contribution in [0.4, 0.5) is 0 Å². The number of carbonyl (C=O) groups is 4. The van der Waals surface area contributed by atoms with Gasteiger partial charge in [-0.2, -0.15) is 0 Å². The summed E-state index contributed by atoms with van der Waals surface area (Å²) in [5.74, 6) is -1.07. The molecule has 0 bridgehead atoms. The Labute approximate surface area is 235 Å². The van der Waals surface area contributed by atoms with Crippen molar-refractivity contribution in [2.45, 2.75) is 31.4 Å². The van der Waals surface area contributed by atoms with E-state index in [-0.39, 0.29) is 35.5 Å². The first-order valence-electron chi connectivity index (χ1n) is 12.9.